The first-order valence-electron chi connectivity index (χ1n) is 17.3. The van der Waals surface area contributed by atoms with Crippen LogP contribution in [0.3, 0.4) is 0 Å². The molecule has 6 rings (SSSR count). The van der Waals surface area contributed by atoms with Gasteiger partial charge in [-0.1, -0.05) is 46.3 Å². The smallest absolute Gasteiger partial charge is 0.324 e. The zero-order chi connectivity index (χ0) is 33.7. The van der Waals surface area contributed by atoms with Crippen molar-refractivity contribution in [1.82, 2.24) is 0 Å². The number of fused-ring (bicyclic) bond motifs is 10. The minimum absolute atomic E-state index is 0.00260. The van der Waals surface area contributed by atoms with Crippen molar-refractivity contribution < 1.29 is 48.5 Å². The maximum Gasteiger partial charge on any atom is 0.397 e. The van der Waals surface area contributed by atoms with Crippen molar-refractivity contribution in [3.63, 3.8) is 0 Å². The van der Waals surface area contributed by atoms with Gasteiger partial charge in [-0.15, -0.1) is 0 Å². The Balaban J connectivity index is 1.31. The second-order valence-electron chi connectivity index (χ2n) is 16.2. The van der Waals surface area contributed by atoms with Crippen LogP contribution in [0.15, 0.2) is 11.6 Å². The molecule has 4 saturated carbocycles. The molecule has 0 spiro atoms. The Hall–Kier alpha value is -0.640. The molecule has 2 heterocycles. The van der Waals surface area contributed by atoms with Crippen LogP contribution in [-0.2, 0) is 43.4 Å². The zero-order valence-corrected chi connectivity index (χ0v) is 29.9. The highest BCUT2D eigenvalue weighted by Crippen LogP contribution is 2.72. The minimum atomic E-state index is -4.89. The van der Waals surface area contributed by atoms with E-state index in [9.17, 15) is 25.9 Å². The average molecular weight is 691 g/mol. The van der Waals surface area contributed by atoms with Gasteiger partial charge in [-0.2, -0.15) is 16.8 Å². The fraction of sp³-hybridized carbons (Fsp3) is 0.939. The van der Waals surface area contributed by atoms with E-state index < -0.39 is 44.6 Å². The SMILES string of the molecule is C/C=C(/C[C@H]1OC2(CCC)O[C@H]3C[C@H]4C5CC[C@H]6C[C@H](OS(=O)(=O)O)[C@@H](OS(=O)(=O)O)C[C@]6(C)C5CC[C@]4(C)[C@H]3[C@@]1(C)O2)C(C)C. The second-order valence-corrected chi connectivity index (χ2v) is 18.3. The number of rotatable bonds is 9. The Morgan fingerprint density at radius 3 is 2.22 bits per heavy atom. The number of hydrogen-bond donors (Lipinski definition) is 2. The molecule has 0 radical (unpaired) electrons. The predicted molar refractivity (Wildman–Crippen MR) is 169 cm³/mol. The van der Waals surface area contributed by atoms with Crippen molar-refractivity contribution in [2.45, 2.75) is 149 Å². The number of ether oxygens (including phenoxy) is 3. The van der Waals surface area contributed by atoms with Gasteiger partial charge in [0.2, 0.25) is 0 Å². The monoisotopic (exact) mass is 690 g/mol. The van der Waals surface area contributed by atoms with Crippen molar-refractivity contribution in [3.05, 3.63) is 11.6 Å². The number of allylic oxidation sites excluding steroid dienone is 1. The molecular weight excluding hydrogens is 636 g/mol. The fourth-order valence-electron chi connectivity index (χ4n) is 11.8. The van der Waals surface area contributed by atoms with E-state index in [0.717, 1.165) is 44.9 Å². The van der Waals surface area contributed by atoms with Crippen LogP contribution in [-0.4, -0.2) is 61.9 Å². The van der Waals surface area contributed by atoms with E-state index in [1.165, 1.54) is 5.57 Å². The van der Waals surface area contributed by atoms with Gasteiger partial charge in [-0.3, -0.25) is 9.11 Å². The molecule has 2 aliphatic heterocycles. The van der Waals surface area contributed by atoms with Crippen molar-refractivity contribution in [3.8, 4) is 0 Å². The van der Waals surface area contributed by atoms with Gasteiger partial charge in [0, 0.05) is 12.3 Å². The third-order valence-corrected chi connectivity index (χ3v) is 14.5. The van der Waals surface area contributed by atoms with Gasteiger partial charge in [-0.25, -0.2) is 8.37 Å². The topological polar surface area (TPSA) is 155 Å². The molecule has 2 bridgehead atoms. The van der Waals surface area contributed by atoms with Crippen LogP contribution >= 0.6 is 0 Å². The van der Waals surface area contributed by atoms with Crippen molar-refractivity contribution in [2.24, 2.45) is 46.3 Å². The summed E-state index contributed by atoms with van der Waals surface area (Å²) in [7, 11) is -9.75. The molecule has 4 aliphatic carbocycles. The molecule has 13 atom stereocenters. The molecule has 0 aromatic heterocycles. The Morgan fingerprint density at radius 2 is 1.61 bits per heavy atom. The third kappa shape index (κ3) is 5.85. The van der Waals surface area contributed by atoms with Crippen LogP contribution in [0.25, 0.3) is 0 Å². The molecule has 0 aromatic carbocycles. The molecule has 0 amide bonds. The van der Waals surface area contributed by atoms with Gasteiger partial charge in [-0.05, 0) is 112 Å². The molecule has 46 heavy (non-hydrogen) atoms. The lowest BCUT2D eigenvalue weighted by molar-refractivity contribution is -0.403. The molecule has 0 aromatic rings. The maximum absolute atomic E-state index is 11.8. The summed E-state index contributed by atoms with van der Waals surface area (Å²) in [5.74, 6) is 0.506. The fourth-order valence-corrected chi connectivity index (χ4v) is 12.8. The summed E-state index contributed by atoms with van der Waals surface area (Å²) in [4.78, 5) is 0. The molecule has 11 nitrogen and oxygen atoms in total. The van der Waals surface area contributed by atoms with E-state index in [4.69, 9.17) is 22.6 Å². The first-order valence-corrected chi connectivity index (χ1v) is 20.0. The average Bonchev–Trinajstić information content (AvgIpc) is 3.33. The quantitative estimate of drug-likeness (QED) is 0.208. The van der Waals surface area contributed by atoms with E-state index >= 15 is 0 Å². The summed E-state index contributed by atoms with van der Waals surface area (Å²) >= 11 is 0. The van der Waals surface area contributed by atoms with Crippen molar-refractivity contribution in [2.75, 3.05) is 0 Å². The highest BCUT2D eigenvalue weighted by atomic mass is 32.3. The lowest BCUT2D eigenvalue weighted by Crippen LogP contribution is -2.61. The molecule has 264 valence electrons. The van der Waals surface area contributed by atoms with Gasteiger partial charge < -0.3 is 14.2 Å². The molecule has 6 fully saturated rings. The lowest BCUT2D eigenvalue weighted by Gasteiger charge is -2.62. The van der Waals surface area contributed by atoms with Crippen LogP contribution in [0.2, 0.25) is 0 Å². The largest absolute Gasteiger partial charge is 0.397 e. The molecule has 6 aliphatic rings. The van der Waals surface area contributed by atoms with Gasteiger partial charge in [0.25, 0.3) is 5.97 Å². The summed E-state index contributed by atoms with van der Waals surface area (Å²) < 4.78 is 96.7. The van der Waals surface area contributed by atoms with E-state index in [-0.39, 0.29) is 53.6 Å². The summed E-state index contributed by atoms with van der Waals surface area (Å²) in [5.41, 5.74) is 0.408. The van der Waals surface area contributed by atoms with E-state index in [1.54, 1.807) is 0 Å². The van der Waals surface area contributed by atoms with E-state index in [0.29, 0.717) is 24.2 Å². The number of hydrogen-bond acceptors (Lipinski definition) is 9. The van der Waals surface area contributed by atoms with Crippen LogP contribution in [0.1, 0.15) is 113 Å². The normalized spacial score (nSPS) is 48.9. The van der Waals surface area contributed by atoms with Gasteiger partial charge >= 0.3 is 20.8 Å². The standard InChI is InChI=1S/C33H54O11S2/c1-8-13-33-40-26-17-24-22-11-10-21-16-25(42-45(34,35)36)27(43-46(37,38)39)18-31(21,6)23(22)12-14-30(24,5)29(26)32(7,44-33)28(41-33)15-20(9-2)19(3)4/h9,19,21-29H,8,10-18H2,1-7H3,(H,34,35,36)(H,37,38,39)/b20-9-/t21-,22?,23?,24-,25-,26-,27-,28+,29-,30-,31-,32-,33?/m0/s1. The van der Waals surface area contributed by atoms with Crippen LogP contribution in [0.4, 0.5) is 0 Å². The molecule has 13 heteroatoms. The Bertz CT molecular complexity index is 1430. The highest BCUT2D eigenvalue weighted by molar-refractivity contribution is 7.81. The second kappa shape index (κ2) is 11.7. The summed E-state index contributed by atoms with van der Waals surface area (Å²) in [6, 6.07) is 0. The van der Waals surface area contributed by atoms with Crippen molar-refractivity contribution >= 4 is 20.8 Å². The Morgan fingerprint density at radius 1 is 0.935 bits per heavy atom. The van der Waals surface area contributed by atoms with Crippen LogP contribution in [0.5, 0.6) is 0 Å². The molecule has 2 saturated heterocycles. The van der Waals surface area contributed by atoms with E-state index in [1.807, 2.05) is 0 Å². The van der Waals surface area contributed by atoms with Gasteiger partial charge in [0.15, 0.2) is 0 Å². The first kappa shape index (κ1) is 35.2. The summed E-state index contributed by atoms with van der Waals surface area (Å²) in [6.07, 6.45) is 6.95. The molecule has 2 N–H and O–H groups in total. The maximum atomic E-state index is 11.8. The minimum Gasteiger partial charge on any atom is -0.324 e. The van der Waals surface area contributed by atoms with E-state index in [2.05, 4.69) is 54.5 Å². The third-order valence-electron chi connectivity index (χ3n) is 13.5. The van der Waals surface area contributed by atoms with Crippen LogP contribution in [0, 0.1) is 46.3 Å². The van der Waals surface area contributed by atoms with Gasteiger partial charge in [0.1, 0.15) is 17.8 Å². The summed E-state index contributed by atoms with van der Waals surface area (Å²) in [5, 5.41) is 0. The zero-order valence-electron chi connectivity index (χ0n) is 28.3. The lowest BCUT2D eigenvalue weighted by atomic mass is 9.44. The van der Waals surface area contributed by atoms with Gasteiger partial charge in [0.05, 0.1) is 12.2 Å². The van der Waals surface area contributed by atoms with Crippen LogP contribution < -0.4 is 0 Å². The highest BCUT2D eigenvalue weighted by Gasteiger charge is 2.74. The predicted octanol–water partition coefficient (Wildman–Crippen LogP) is 6.26. The summed E-state index contributed by atoms with van der Waals surface area (Å²) in [6.45, 7) is 15.5. The first-order chi connectivity index (χ1) is 21.3. The van der Waals surface area contributed by atoms with Crippen molar-refractivity contribution in [1.29, 1.82) is 0 Å². The Kier molecular flexibility index (Phi) is 8.97. The molecular formula is C33H54O11S2. The molecule has 3 unspecified atom stereocenters. The Labute approximate surface area is 275 Å².